The predicted octanol–water partition coefficient (Wildman–Crippen LogP) is 4.03. The Bertz CT molecular complexity index is 689. The standard InChI is InChI=1S/C23H32NO3P/c1-17(2)21(24-22(26)27-23(3,4)5)20(25)16-28(18-12-8-6-9-13-18)19-14-10-7-11-15-19/h6-15,17,20-21,25H,16H2,1-5H3,(H,24,26)/t20-,21+/m1/s1. The summed E-state index contributed by atoms with van der Waals surface area (Å²) in [7, 11) is -0.741. The number of carbonyl (C=O) groups excluding carboxylic acids is 1. The first-order valence-electron chi connectivity index (χ1n) is 9.72. The lowest BCUT2D eigenvalue weighted by molar-refractivity contribution is 0.0402. The molecule has 0 saturated heterocycles. The Hall–Kier alpha value is -1.90. The van der Waals surface area contributed by atoms with Crippen LogP contribution in [-0.4, -0.2) is 35.1 Å². The Kier molecular flexibility index (Phi) is 8.03. The predicted molar refractivity (Wildman–Crippen MR) is 118 cm³/mol. The molecule has 0 aliphatic heterocycles. The summed E-state index contributed by atoms with van der Waals surface area (Å²) < 4.78 is 5.39. The Morgan fingerprint density at radius 1 is 1.00 bits per heavy atom. The molecule has 0 aliphatic rings. The van der Waals surface area contributed by atoms with Crippen LogP contribution in [0.1, 0.15) is 34.6 Å². The molecule has 2 aromatic carbocycles. The summed E-state index contributed by atoms with van der Waals surface area (Å²) in [6.45, 7) is 9.49. The number of aliphatic hydroxyl groups excluding tert-OH is 1. The van der Waals surface area contributed by atoms with E-state index >= 15 is 0 Å². The van der Waals surface area contributed by atoms with Crippen molar-refractivity contribution in [3.8, 4) is 0 Å². The molecule has 2 N–H and O–H groups in total. The van der Waals surface area contributed by atoms with Crippen LogP contribution in [-0.2, 0) is 4.74 Å². The summed E-state index contributed by atoms with van der Waals surface area (Å²) in [4.78, 5) is 12.3. The van der Waals surface area contributed by atoms with Crippen LogP contribution in [0.2, 0.25) is 0 Å². The van der Waals surface area contributed by atoms with Gasteiger partial charge in [-0.3, -0.25) is 0 Å². The minimum absolute atomic E-state index is 0.0749. The van der Waals surface area contributed by atoms with E-state index in [4.69, 9.17) is 4.74 Å². The highest BCUT2D eigenvalue weighted by Gasteiger charge is 2.29. The van der Waals surface area contributed by atoms with Gasteiger partial charge in [-0.05, 0) is 45.2 Å². The van der Waals surface area contributed by atoms with E-state index in [1.54, 1.807) is 0 Å². The number of ether oxygens (including phenoxy) is 1. The average Bonchev–Trinajstić information content (AvgIpc) is 2.63. The van der Waals surface area contributed by atoms with E-state index < -0.39 is 25.7 Å². The fraction of sp³-hybridized carbons (Fsp3) is 0.435. The van der Waals surface area contributed by atoms with Gasteiger partial charge in [0.1, 0.15) is 5.60 Å². The summed E-state index contributed by atoms with van der Waals surface area (Å²) in [5.41, 5.74) is -0.572. The number of rotatable bonds is 7. The zero-order chi connectivity index (χ0) is 20.7. The van der Waals surface area contributed by atoms with E-state index in [-0.39, 0.29) is 12.0 Å². The summed E-state index contributed by atoms with van der Waals surface area (Å²) in [6.07, 6.45) is -0.602. The van der Waals surface area contributed by atoms with Crippen molar-refractivity contribution in [1.82, 2.24) is 5.32 Å². The Labute approximate surface area is 170 Å². The van der Waals surface area contributed by atoms with Crippen molar-refractivity contribution in [2.75, 3.05) is 6.16 Å². The molecule has 5 heteroatoms. The average molecular weight is 401 g/mol. The Balaban J connectivity index is 2.20. The number of alkyl carbamates (subject to hydrolysis) is 1. The maximum atomic E-state index is 12.3. The number of amides is 1. The molecule has 0 bridgehead atoms. The van der Waals surface area contributed by atoms with Crippen LogP contribution in [0.4, 0.5) is 4.79 Å². The number of hydrogen-bond acceptors (Lipinski definition) is 3. The van der Waals surface area contributed by atoms with Crippen molar-refractivity contribution in [3.63, 3.8) is 0 Å². The van der Waals surface area contributed by atoms with E-state index in [9.17, 15) is 9.90 Å². The van der Waals surface area contributed by atoms with E-state index in [2.05, 4.69) is 29.6 Å². The molecule has 0 unspecified atom stereocenters. The third-order valence-corrected chi connectivity index (χ3v) is 6.90. The number of carbonyl (C=O) groups is 1. The highest BCUT2D eigenvalue weighted by Crippen LogP contribution is 2.35. The highest BCUT2D eigenvalue weighted by atomic mass is 31.1. The van der Waals surface area contributed by atoms with Gasteiger partial charge in [0.05, 0.1) is 12.1 Å². The van der Waals surface area contributed by atoms with Crippen molar-refractivity contribution < 1.29 is 14.6 Å². The summed E-state index contributed by atoms with van der Waals surface area (Å²) >= 11 is 0. The molecule has 2 rings (SSSR count). The first kappa shape index (κ1) is 22.4. The highest BCUT2D eigenvalue weighted by molar-refractivity contribution is 7.73. The second-order valence-corrected chi connectivity index (χ2v) is 10.5. The van der Waals surface area contributed by atoms with Gasteiger partial charge >= 0.3 is 6.09 Å². The fourth-order valence-corrected chi connectivity index (χ4v) is 5.41. The molecule has 0 saturated carbocycles. The molecule has 1 amide bonds. The minimum Gasteiger partial charge on any atom is -0.444 e. The van der Waals surface area contributed by atoms with Crippen molar-refractivity contribution in [2.45, 2.75) is 52.4 Å². The molecule has 2 atom stereocenters. The molecule has 28 heavy (non-hydrogen) atoms. The van der Waals surface area contributed by atoms with Crippen LogP contribution in [0, 0.1) is 5.92 Å². The topological polar surface area (TPSA) is 58.6 Å². The Morgan fingerprint density at radius 2 is 1.46 bits per heavy atom. The molecule has 2 aromatic rings. The number of aliphatic hydroxyl groups is 1. The monoisotopic (exact) mass is 401 g/mol. The zero-order valence-corrected chi connectivity index (χ0v) is 18.3. The molecule has 152 valence electrons. The normalized spacial score (nSPS) is 14.0. The van der Waals surface area contributed by atoms with Crippen molar-refractivity contribution >= 4 is 24.6 Å². The molecule has 0 heterocycles. The van der Waals surface area contributed by atoms with Gasteiger partial charge in [0, 0.05) is 6.16 Å². The first-order chi connectivity index (χ1) is 13.2. The molecular formula is C23H32NO3P. The number of hydrogen-bond donors (Lipinski definition) is 2. The van der Waals surface area contributed by atoms with Crippen molar-refractivity contribution in [3.05, 3.63) is 60.7 Å². The molecular weight excluding hydrogens is 369 g/mol. The van der Waals surface area contributed by atoms with E-state index in [0.29, 0.717) is 6.16 Å². The molecule has 0 fully saturated rings. The lowest BCUT2D eigenvalue weighted by atomic mass is 10.00. The van der Waals surface area contributed by atoms with Gasteiger partial charge in [0.25, 0.3) is 0 Å². The minimum atomic E-state index is -0.741. The molecule has 0 spiro atoms. The summed E-state index contributed by atoms with van der Waals surface area (Å²) in [5.74, 6) is 0.0749. The van der Waals surface area contributed by atoms with Gasteiger partial charge in [0.2, 0.25) is 0 Å². The van der Waals surface area contributed by atoms with Crippen LogP contribution in [0.3, 0.4) is 0 Å². The van der Waals surface area contributed by atoms with Gasteiger partial charge in [-0.1, -0.05) is 74.5 Å². The molecule has 0 radical (unpaired) electrons. The van der Waals surface area contributed by atoms with Crippen molar-refractivity contribution in [1.29, 1.82) is 0 Å². The van der Waals surface area contributed by atoms with Gasteiger partial charge in [0.15, 0.2) is 0 Å². The summed E-state index contributed by atoms with van der Waals surface area (Å²) in [5, 5.41) is 16.4. The third kappa shape index (κ3) is 6.92. The van der Waals surface area contributed by atoms with Crippen LogP contribution >= 0.6 is 7.92 Å². The lowest BCUT2D eigenvalue weighted by Crippen LogP contribution is -2.49. The van der Waals surface area contributed by atoms with Crippen LogP contribution in [0.5, 0.6) is 0 Å². The summed E-state index contributed by atoms with van der Waals surface area (Å²) in [6, 6.07) is 20.2. The van der Waals surface area contributed by atoms with Crippen LogP contribution < -0.4 is 15.9 Å². The van der Waals surface area contributed by atoms with Crippen molar-refractivity contribution in [2.24, 2.45) is 5.92 Å². The van der Waals surface area contributed by atoms with Gasteiger partial charge in [-0.2, -0.15) is 0 Å². The van der Waals surface area contributed by atoms with E-state index in [1.165, 1.54) is 10.6 Å². The Morgan fingerprint density at radius 3 is 1.86 bits per heavy atom. The fourth-order valence-electron chi connectivity index (χ4n) is 3.03. The maximum Gasteiger partial charge on any atom is 0.407 e. The smallest absolute Gasteiger partial charge is 0.407 e. The molecule has 0 aromatic heterocycles. The maximum absolute atomic E-state index is 12.3. The van der Waals surface area contributed by atoms with Gasteiger partial charge in [-0.15, -0.1) is 0 Å². The van der Waals surface area contributed by atoms with E-state index in [1.807, 2.05) is 71.0 Å². The second-order valence-electron chi connectivity index (χ2n) is 8.27. The number of nitrogens with one attached hydrogen (secondary N) is 1. The quantitative estimate of drug-likeness (QED) is 0.689. The zero-order valence-electron chi connectivity index (χ0n) is 17.4. The second kappa shape index (κ2) is 10.0. The molecule has 0 aliphatic carbocycles. The largest absolute Gasteiger partial charge is 0.444 e. The van der Waals surface area contributed by atoms with Crippen LogP contribution in [0.25, 0.3) is 0 Å². The van der Waals surface area contributed by atoms with Gasteiger partial charge < -0.3 is 15.2 Å². The molecule has 4 nitrogen and oxygen atoms in total. The van der Waals surface area contributed by atoms with Gasteiger partial charge in [-0.25, -0.2) is 4.79 Å². The first-order valence-corrected chi connectivity index (χ1v) is 11.3. The number of benzene rings is 2. The lowest BCUT2D eigenvalue weighted by Gasteiger charge is -2.31. The van der Waals surface area contributed by atoms with E-state index in [0.717, 1.165) is 0 Å². The third-order valence-electron chi connectivity index (χ3n) is 4.32. The van der Waals surface area contributed by atoms with Crippen LogP contribution in [0.15, 0.2) is 60.7 Å². The SMILES string of the molecule is CC(C)[C@H](NC(=O)OC(C)(C)C)[C@H](O)CP(c1ccccc1)c1ccccc1.